The average Bonchev–Trinajstić information content (AvgIpc) is 3.19. The van der Waals surface area contributed by atoms with Crippen LogP contribution in [0, 0.1) is 34.0 Å². The average molecular weight is 376 g/mol. The van der Waals surface area contributed by atoms with E-state index in [0.29, 0.717) is 31.3 Å². The van der Waals surface area contributed by atoms with Crippen molar-refractivity contribution >= 4 is 11.8 Å². The highest BCUT2D eigenvalue weighted by atomic mass is 16.7. The largest absolute Gasteiger partial charge is 0.461 e. The van der Waals surface area contributed by atoms with Gasteiger partial charge >= 0.3 is 5.97 Å². The van der Waals surface area contributed by atoms with E-state index in [-0.39, 0.29) is 24.2 Å². The van der Waals surface area contributed by atoms with Crippen LogP contribution in [0.1, 0.15) is 32.6 Å². The Morgan fingerprint density at radius 3 is 2.78 bits per heavy atom. The summed E-state index contributed by atoms with van der Waals surface area (Å²) < 4.78 is 17.6. The predicted octanol–water partition coefficient (Wildman–Crippen LogP) is 0.532. The summed E-state index contributed by atoms with van der Waals surface area (Å²) in [5.41, 5.74) is -2.23. The second-order valence-corrected chi connectivity index (χ2v) is 9.70. The maximum atomic E-state index is 13.2. The summed E-state index contributed by atoms with van der Waals surface area (Å²) in [6, 6.07) is 0. The monoisotopic (exact) mass is 376 g/mol. The number of hydrogen-bond acceptors (Lipinski definition) is 7. The number of ketones is 1. The molecule has 2 spiro atoms. The first-order valence-electron chi connectivity index (χ1n) is 9.84. The standard InChI is InChI=1S/C20H24O7/c1-8-9-5-10(21)12-19(6-9,14(8)22)17(24)26-11-3-4-18(2)13-15(27-16(18)23)25-7-20(11,12)13/h9-13,15-16,21,23H,1,3-7H2,2H3/t9-,10-,11+,12-,13-,15+,16+,18-,19+,20+/m1/s1. The molecule has 0 aromatic rings. The Hall–Kier alpha value is -1.28. The third-order valence-electron chi connectivity index (χ3n) is 8.82. The van der Waals surface area contributed by atoms with Gasteiger partial charge in [0, 0.05) is 22.7 Å². The van der Waals surface area contributed by atoms with Crippen molar-refractivity contribution < 1.29 is 34.0 Å². The van der Waals surface area contributed by atoms with Gasteiger partial charge in [-0.2, -0.15) is 0 Å². The molecule has 10 atom stereocenters. The van der Waals surface area contributed by atoms with Crippen LogP contribution in [0.4, 0.5) is 0 Å². The Morgan fingerprint density at radius 2 is 2.00 bits per heavy atom. The van der Waals surface area contributed by atoms with E-state index in [0.717, 1.165) is 0 Å². The van der Waals surface area contributed by atoms with Crippen molar-refractivity contribution in [1.82, 2.24) is 0 Å². The molecule has 0 aromatic carbocycles. The number of aliphatic hydroxyl groups excluding tert-OH is 2. The molecule has 3 aliphatic carbocycles. The van der Waals surface area contributed by atoms with Crippen molar-refractivity contribution in [3.05, 3.63) is 12.2 Å². The molecule has 2 bridgehead atoms. The van der Waals surface area contributed by atoms with E-state index in [1.165, 1.54) is 0 Å². The molecule has 6 rings (SSSR count). The SMILES string of the molecule is C=C1C(=O)[C@]23C[C@H]1C[C@@H](O)[C@H]2[C@]12CO[C@H]4O[C@H](O)[C@](C)(CC[C@@H]1OC3=O)[C@@H]42. The number of esters is 1. The molecule has 0 radical (unpaired) electrons. The van der Waals surface area contributed by atoms with Gasteiger partial charge in [0.25, 0.3) is 0 Å². The second-order valence-electron chi connectivity index (χ2n) is 9.70. The number of Topliss-reactive ketones (excluding diaryl/α,β-unsaturated/α-hetero) is 1. The fraction of sp³-hybridized carbons (Fsp3) is 0.800. The van der Waals surface area contributed by atoms with Crippen LogP contribution in [0.25, 0.3) is 0 Å². The van der Waals surface area contributed by atoms with Crippen LogP contribution >= 0.6 is 0 Å². The maximum Gasteiger partial charge on any atom is 0.320 e. The molecule has 0 unspecified atom stereocenters. The van der Waals surface area contributed by atoms with Crippen molar-refractivity contribution in [2.45, 2.75) is 57.4 Å². The van der Waals surface area contributed by atoms with Gasteiger partial charge in [-0.1, -0.05) is 13.5 Å². The van der Waals surface area contributed by atoms with Crippen molar-refractivity contribution in [2.24, 2.45) is 34.0 Å². The van der Waals surface area contributed by atoms with E-state index in [1.807, 2.05) is 6.92 Å². The van der Waals surface area contributed by atoms with Crippen LogP contribution in [0.5, 0.6) is 0 Å². The third kappa shape index (κ3) is 1.52. The molecule has 146 valence electrons. The summed E-state index contributed by atoms with van der Waals surface area (Å²) in [6.45, 7) is 6.16. The molecule has 6 aliphatic rings. The minimum Gasteiger partial charge on any atom is -0.461 e. The minimum absolute atomic E-state index is 0.178. The molecule has 3 saturated heterocycles. The van der Waals surface area contributed by atoms with Gasteiger partial charge in [0.05, 0.1) is 12.7 Å². The van der Waals surface area contributed by atoms with Crippen molar-refractivity contribution in [3.63, 3.8) is 0 Å². The van der Waals surface area contributed by atoms with Gasteiger partial charge in [-0.3, -0.25) is 9.59 Å². The van der Waals surface area contributed by atoms with E-state index in [4.69, 9.17) is 14.2 Å². The zero-order valence-corrected chi connectivity index (χ0v) is 15.2. The normalized spacial score (nSPS) is 60.7. The van der Waals surface area contributed by atoms with E-state index >= 15 is 0 Å². The molecule has 2 N–H and O–H groups in total. The lowest BCUT2D eigenvalue weighted by Gasteiger charge is -2.61. The highest BCUT2D eigenvalue weighted by Crippen LogP contribution is 2.73. The van der Waals surface area contributed by atoms with Gasteiger partial charge in [-0.15, -0.1) is 0 Å². The molecule has 3 heterocycles. The van der Waals surface area contributed by atoms with Crippen LogP contribution in [0.3, 0.4) is 0 Å². The lowest BCUT2D eigenvalue weighted by Crippen LogP contribution is -2.70. The number of carbonyl (C=O) groups excluding carboxylic acids is 2. The van der Waals surface area contributed by atoms with E-state index in [9.17, 15) is 19.8 Å². The van der Waals surface area contributed by atoms with Gasteiger partial charge in [-0.25, -0.2) is 0 Å². The van der Waals surface area contributed by atoms with Crippen molar-refractivity contribution in [1.29, 1.82) is 0 Å². The molecule has 7 nitrogen and oxygen atoms in total. The Morgan fingerprint density at radius 1 is 1.22 bits per heavy atom. The summed E-state index contributed by atoms with van der Waals surface area (Å²) in [5, 5.41) is 21.8. The van der Waals surface area contributed by atoms with E-state index in [1.54, 1.807) is 0 Å². The summed E-state index contributed by atoms with van der Waals surface area (Å²) in [5.74, 6) is -1.80. The van der Waals surface area contributed by atoms with Gasteiger partial charge in [0.15, 0.2) is 18.4 Å². The number of aliphatic hydroxyl groups is 2. The van der Waals surface area contributed by atoms with Crippen molar-refractivity contribution in [2.75, 3.05) is 6.61 Å². The fourth-order valence-electron chi connectivity index (χ4n) is 7.76. The number of carbonyl (C=O) groups is 2. The van der Waals surface area contributed by atoms with Crippen molar-refractivity contribution in [3.8, 4) is 0 Å². The topological polar surface area (TPSA) is 102 Å². The fourth-order valence-corrected chi connectivity index (χ4v) is 7.76. The number of allylic oxidation sites excluding steroid dienone is 1. The summed E-state index contributed by atoms with van der Waals surface area (Å²) in [4.78, 5) is 26.4. The number of ether oxygens (including phenoxy) is 3. The molecule has 0 amide bonds. The Labute approximate surface area is 156 Å². The minimum atomic E-state index is -1.38. The summed E-state index contributed by atoms with van der Waals surface area (Å²) in [6.07, 6.45) is -0.846. The van der Waals surface area contributed by atoms with Gasteiger partial charge in [-0.05, 0) is 37.2 Å². The zero-order chi connectivity index (χ0) is 18.9. The predicted molar refractivity (Wildman–Crippen MR) is 88.8 cm³/mol. The maximum absolute atomic E-state index is 13.2. The van der Waals surface area contributed by atoms with Crippen LogP contribution in [0.2, 0.25) is 0 Å². The third-order valence-corrected chi connectivity index (χ3v) is 8.82. The van der Waals surface area contributed by atoms with Gasteiger partial charge in [0.1, 0.15) is 11.5 Å². The van der Waals surface area contributed by atoms with Gasteiger partial charge < -0.3 is 24.4 Å². The smallest absolute Gasteiger partial charge is 0.320 e. The van der Waals surface area contributed by atoms with Crippen LogP contribution < -0.4 is 0 Å². The number of rotatable bonds is 0. The highest BCUT2D eigenvalue weighted by molar-refractivity contribution is 6.15. The molecule has 0 aromatic heterocycles. The lowest BCUT2D eigenvalue weighted by molar-refractivity contribution is -0.257. The summed E-state index contributed by atoms with van der Waals surface area (Å²) in [7, 11) is 0. The molecule has 3 aliphatic heterocycles. The Balaban J connectivity index is 1.59. The first kappa shape index (κ1) is 16.7. The number of hydrogen-bond donors (Lipinski definition) is 2. The molecule has 6 fully saturated rings. The quantitative estimate of drug-likeness (QED) is 0.361. The Kier molecular flexibility index (Phi) is 2.87. The second kappa shape index (κ2) is 4.64. The highest BCUT2D eigenvalue weighted by Gasteiger charge is 2.81. The lowest BCUT2D eigenvalue weighted by atomic mass is 9.43. The van der Waals surface area contributed by atoms with Crippen LogP contribution in [0.15, 0.2) is 12.2 Å². The number of fused-ring (bicyclic) bond motifs is 1. The van der Waals surface area contributed by atoms with Gasteiger partial charge in [0.2, 0.25) is 0 Å². The molecule has 27 heavy (non-hydrogen) atoms. The van der Waals surface area contributed by atoms with E-state index < -0.39 is 52.9 Å². The first-order chi connectivity index (χ1) is 12.8. The molecular formula is C20H24O7. The zero-order valence-electron chi connectivity index (χ0n) is 15.2. The molecular weight excluding hydrogens is 352 g/mol. The summed E-state index contributed by atoms with van der Waals surface area (Å²) >= 11 is 0. The molecule has 3 saturated carbocycles. The van der Waals surface area contributed by atoms with E-state index in [2.05, 4.69) is 6.58 Å². The van der Waals surface area contributed by atoms with Crippen LogP contribution in [-0.2, 0) is 23.8 Å². The Bertz CT molecular complexity index is 793. The first-order valence-corrected chi connectivity index (χ1v) is 9.84. The van der Waals surface area contributed by atoms with Crippen LogP contribution in [-0.4, -0.2) is 53.4 Å². The molecule has 7 heteroatoms.